The van der Waals surface area contributed by atoms with E-state index in [9.17, 15) is 0 Å². The number of halogens is 1. The van der Waals surface area contributed by atoms with Crippen molar-refractivity contribution in [2.24, 2.45) is 11.7 Å². The molecule has 0 saturated heterocycles. The Morgan fingerprint density at radius 1 is 1.43 bits per heavy atom. The van der Waals surface area contributed by atoms with Gasteiger partial charge in [-0.2, -0.15) is 0 Å². The summed E-state index contributed by atoms with van der Waals surface area (Å²) < 4.78 is 1.01. The van der Waals surface area contributed by atoms with Crippen LogP contribution in [0, 0.1) is 5.92 Å². The quantitative estimate of drug-likeness (QED) is 0.816. The lowest BCUT2D eigenvalue weighted by Gasteiger charge is -2.14. The Bertz CT molecular complexity index is 334. The van der Waals surface area contributed by atoms with E-state index in [1.54, 1.807) is 0 Å². The number of nitrogens with two attached hydrogens (primary N) is 2. The van der Waals surface area contributed by atoms with E-state index in [2.05, 4.69) is 15.9 Å². The molecule has 0 unspecified atom stereocenters. The average Bonchev–Trinajstić information content (AvgIpc) is 2.87. The van der Waals surface area contributed by atoms with Crippen molar-refractivity contribution in [1.29, 1.82) is 0 Å². The molecule has 0 aliphatic heterocycles. The number of anilines is 1. The zero-order valence-corrected chi connectivity index (χ0v) is 9.63. The van der Waals surface area contributed by atoms with Crippen LogP contribution in [0.4, 0.5) is 5.69 Å². The zero-order chi connectivity index (χ0) is 10.1. The third-order valence-corrected chi connectivity index (χ3v) is 3.23. The van der Waals surface area contributed by atoms with Crippen molar-refractivity contribution in [1.82, 2.24) is 0 Å². The van der Waals surface area contributed by atoms with Crippen LogP contribution < -0.4 is 11.5 Å². The van der Waals surface area contributed by atoms with Crippen LogP contribution in [0.25, 0.3) is 0 Å². The number of nitrogen functional groups attached to an aromatic ring is 1. The molecule has 0 heterocycles. The molecule has 0 radical (unpaired) electrons. The summed E-state index contributed by atoms with van der Waals surface area (Å²) in [5.74, 6) is 0.841. The van der Waals surface area contributed by atoms with Gasteiger partial charge in [0.15, 0.2) is 0 Å². The Balaban J connectivity index is 2.13. The first kappa shape index (κ1) is 9.99. The van der Waals surface area contributed by atoms with Crippen molar-refractivity contribution in [2.75, 3.05) is 5.73 Å². The van der Waals surface area contributed by atoms with Gasteiger partial charge in [-0.3, -0.25) is 0 Å². The normalized spacial score (nSPS) is 18.1. The van der Waals surface area contributed by atoms with Gasteiger partial charge in [-0.15, -0.1) is 0 Å². The number of hydrogen-bond acceptors (Lipinski definition) is 2. The highest BCUT2D eigenvalue weighted by Gasteiger charge is 2.25. The van der Waals surface area contributed by atoms with Crippen LogP contribution in [-0.2, 0) is 0 Å². The molecule has 1 aliphatic rings. The van der Waals surface area contributed by atoms with E-state index >= 15 is 0 Å². The minimum Gasteiger partial charge on any atom is -0.398 e. The van der Waals surface area contributed by atoms with Gasteiger partial charge in [-0.1, -0.05) is 34.8 Å². The van der Waals surface area contributed by atoms with Gasteiger partial charge in [0.1, 0.15) is 0 Å². The van der Waals surface area contributed by atoms with Gasteiger partial charge in [0.25, 0.3) is 0 Å². The predicted molar refractivity (Wildman–Crippen MR) is 62.8 cm³/mol. The second-order valence-corrected chi connectivity index (χ2v) is 4.97. The minimum atomic E-state index is 0.107. The molecule has 2 rings (SSSR count). The fourth-order valence-electron chi connectivity index (χ4n) is 1.72. The molecule has 4 N–H and O–H groups in total. The summed E-state index contributed by atoms with van der Waals surface area (Å²) in [6.45, 7) is 0. The maximum absolute atomic E-state index is 6.09. The fourth-order valence-corrected chi connectivity index (χ4v) is 2.10. The summed E-state index contributed by atoms with van der Waals surface area (Å²) in [4.78, 5) is 0. The molecular weight excluding hydrogens is 240 g/mol. The molecule has 2 nitrogen and oxygen atoms in total. The van der Waals surface area contributed by atoms with Crippen LogP contribution in [0.15, 0.2) is 22.7 Å². The molecule has 1 aromatic rings. The van der Waals surface area contributed by atoms with Crippen molar-refractivity contribution >= 4 is 21.6 Å². The maximum atomic E-state index is 6.09. The third kappa shape index (κ3) is 2.28. The van der Waals surface area contributed by atoms with E-state index in [0.717, 1.165) is 28.1 Å². The van der Waals surface area contributed by atoms with Crippen LogP contribution in [0.3, 0.4) is 0 Å². The Labute approximate surface area is 92.8 Å². The van der Waals surface area contributed by atoms with Gasteiger partial charge in [0.2, 0.25) is 0 Å². The highest BCUT2D eigenvalue weighted by Crippen LogP contribution is 2.38. The van der Waals surface area contributed by atoms with Crippen molar-refractivity contribution in [3.63, 3.8) is 0 Å². The molecule has 1 fully saturated rings. The first-order valence-corrected chi connectivity index (χ1v) is 5.76. The molecular formula is C11H15BrN2. The van der Waals surface area contributed by atoms with Crippen LogP contribution in [0.5, 0.6) is 0 Å². The van der Waals surface area contributed by atoms with Crippen LogP contribution in [-0.4, -0.2) is 0 Å². The zero-order valence-electron chi connectivity index (χ0n) is 8.04. The van der Waals surface area contributed by atoms with E-state index in [1.165, 1.54) is 12.8 Å². The molecule has 1 aliphatic carbocycles. The Morgan fingerprint density at radius 2 is 2.14 bits per heavy atom. The lowest BCUT2D eigenvalue weighted by Crippen LogP contribution is -2.13. The summed E-state index contributed by atoms with van der Waals surface area (Å²) in [6, 6.07) is 6.04. The molecule has 3 heteroatoms. The first-order valence-electron chi connectivity index (χ1n) is 4.97. The van der Waals surface area contributed by atoms with Gasteiger partial charge < -0.3 is 11.5 Å². The smallest absolute Gasteiger partial charge is 0.0373 e. The maximum Gasteiger partial charge on any atom is 0.0373 e. The topological polar surface area (TPSA) is 52.0 Å². The monoisotopic (exact) mass is 254 g/mol. The van der Waals surface area contributed by atoms with Crippen LogP contribution in [0.1, 0.15) is 30.9 Å². The second-order valence-electron chi connectivity index (χ2n) is 4.06. The molecule has 76 valence electrons. The van der Waals surface area contributed by atoms with E-state index in [4.69, 9.17) is 11.5 Å². The Morgan fingerprint density at radius 3 is 2.71 bits per heavy atom. The number of hydrogen-bond donors (Lipinski definition) is 2. The molecule has 1 aromatic carbocycles. The summed E-state index contributed by atoms with van der Waals surface area (Å²) >= 11 is 3.39. The Kier molecular flexibility index (Phi) is 2.79. The summed E-state index contributed by atoms with van der Waals surface area (Å²) in [7, 11) is 0. The highest BCUT2D eigenvalue weighted by atomic mass is 79.9. The molecule has 1 atom stereocenters. The van der Waals surface area contributed by atoms with Gasteiger partial charge in [0, 0.05) is 16.2 Å². The fraction of sp³-hybridized carbons (Fsp3) is 0.455. The summed E-state index contributed by atoms with van der Waals surface area (Å²) in [6.07, 6.45) is 3.75. The predicted octanol–water partition coefficient (Wildman–Crippen LogP) is 2.83. The van der Waals surface area contributed by atoms with Gasteiger partial charge in [0.05, 0.1) is 0 Å². The molecule has 0 bridgehead atoms. The largest absolute Gasteiger partial charge is 0.398 e. The molecule has 14 heavy (non-hydrogen) atoms. The van der Waals surface area contributed by atoms with E-state index < -0.39 is 0 Å². The molecule has 0 amide bonds. The average molecular weight is 255 g/mol. The lowest BCUT2D eigenvalue weighted by molar-refractivity contribution is 0.598. The van der Waals surface area contributed by atoms with E-state index in [1.807, 2.05) is 18.2 Å². The third-order valence-electron chi connectivity index (χ3n) is 2.73. The Hall–Kier alpha value is -0.540. The van der Waals surface area contributed by atoms with Crippen molar-refractivity contribution in [3.8, 4) is 0 Å². The van der Waals surface area contributed by atoms with Crippen molar-refractivity contribution in [3.05, 3.63) is 28.2 Å². The van der Waals surface area contributed by atoms with E-state index in [0.29, 0.717) is 0 Å². The van der Waals surface area contributed by atoms with Gasteiger partial charge in [-0.25, -0.2) is 0 Å². The lowest BCUT2D eigenvalue weighted by atomic mass is 10.0. The minimum absolute atomic E-state index is 0.107. The summed E-state index contributed by atoms with van der Waals surface area (Å²) in [5, 5.41) is 0. The molecule has 0 spiro atoms. The first-order chi connectivity index (χ1) is 6.66. The van der Waals surface area contributed by atoms with Gasteiger partial charge in [-0.05, 0) is 30.0 Å². The van der Waals surface area contributed by atoms with Crippen LogP contribution in [0.2, 0.25) is 0 Å². The van der Waals surface area contributed by atoms with Crippen molar-refractivity contribution < 1.29 is 0 Å². The standard InChI is InChI=1S/C11H15BrN2/c12-8-3-4-9(11(14)6-8)10(13)5-7-1-2-7/h3-4,6-7,10H,1-2,5,13-14H2/t10-/m1/s1. The summed E-state index contributed by atoms with van der Waals surface area (Å²) in [5.41, 5.74) is 13.9. The SMILES string of the molecule is Nc1cc(Br)ccc1[C@H](N)CC1CC1. The number of rotatable bonds is 3. The van der Waals surface area contributed by atoms with Crippen molar-refractivity contribution in [2.45, 2.75) is 25.3 Å². The second kappa shape index (κ2) is 3.91. The van der Waals surface area contributed by atoms with Gasteiger partial charge >= 0.3 is 0 Å². The number of benzene rings is 1. The molecule has 1 saturated carbocycles. The van der Waals surface area contributed by atoms with E-state index in [-0.39, 0.29) is 6.04 Å². The molecule has 0 aromatic heterocycles. The highest BCUT2D eigenvalue weighted by molar-refractivity contribution is 9.10. The van der Waals surface area contributed by atoms with Crippen LogP contribution >= 0.6 is 15.9 Å².